The Morgan fingerprint density at radius 2 is 1.82 bits per heavy atom. The summed E-state index contributed by atoms with van der Waals surface area (Å²) in [7, 11) is 0. The fourth-order valence-electron chi connectivity index (χ4n) is 4.36. The summed E-state index contributed by atoms with van der Waals surface area (Å²) in [4.78, 5) is 22.5. The number of carbonyl (C=O) groups excluding carboxylic acids is 1. The van der Waals surface area contributed by atoms with Crippen LogP contribution >= 0.6 is 11.6 Å². The Balaban J connectivity index is 1.51. The van der Waals surface area contributed by atoms with Gasteiger partial charge in [0.1, 0.15) is 5.65 Å². The second kappa shape index (κ2) is 7.22. The van der Waals surface area contributed by atoms with Crippen LogP contribution in [0.15, 0.2) is 42.6 Å². The highest BCUT2D eigenvalue weighted by Crippen LogP contribution is 2.24. The minimum absolute atomic E-state index is 0.0172. The average molecular weight is 395 g/mol. The van der Waals surface area contributed by atoms with Gasteiger partial charge < -0.3 is 9.30 Å². The zero-order valence-electron chi connectivity index (χ0n) is 15.8. The standard InChI is InChI=1S/C22H23ClN4O/c23-18-7-8-20-24-21(19(27(20)14-18)15-25-10-3-4-11-25)22(28)26-12-9-16-5-1-2-6-17(16)13-26/h1-2,5-8,14H,3-4,9-13,15H2. The summed E-state index contributed by atoms with van der Waals surface area (Å²) in [5, 5.41) is 0.651. The number of hydrogen-bond donors (Lipinski definition) is 0. The molecule has 2 aliphatic rings. The number of amides is 1. The second-order valence-electron chi connectivity index (χ2n) is 7.71. The minimum Gasteiger partial charge on any atom is -0.333 e. The molecule has 0 saturated carbocycles. The van der Waals surface area contributed by atoms with Crippen molar-refractivity contribution in [3.8, 4) is 0 Å². The normalized spacial score (nSPS) is 17.2. The Morgan fingerprint density at radius 1 is 1.04 bits per heavy atom. The number of nitrogens with zero attached hydrogens (tertiary/aromatic N) is 4. The van der Waals surface area contributed by atoms with E-state index in [9.17, 15) is 4.79 Å². The highest BCUT2D eigenvalue weighted by molar-refractivity contribution is 6.30. The number of hydrogen-bond acceptors (Lipinski definition) is 3. The Kier molecular flexibility index (Phi) is 4.57. The molecule has 1 saturated heterocycles. The van der Waals surface area contributed by atoms with E-state index in [0.717, 1.165) is 43.9 Å². The molecule has 0 aliphatic carbocycles. The maximum Gasteiger partial charge on any atom is 0.274 e. The van der Waals surface area contributed by atoms with Crippen molar-refractivity contribution < 1.29 is 4.79 Å². The Labute approximate surface area is 169 Å². The fourth-order valence-corrected chi connectivity index (χ4v) is 4.52. The van der Waals surface area contributed by atoms with Crippen LogP contribution in [0.2, 0.25) is 5.02 Å². The smallest absolute Gasteiger partial charge is 0.274 e. The van der Waals surface area contributed by atoms with Crippen LogP contribution in [0.5, 0.6) is 0 Å². The van der Waals surface area contributed by atoms with Gasteiger partial charge in [-0.05, 0) is 55.6 Å². The highest BCUT2D eigenvalue weighted by Gasteiger charge is 2.28. The van der Waals surface area contributed by atoms with E-state index in [1.165, 1.54) is 24.0 Å². The van der Waals surface area contributed by atoms with Crippen LogP contribution in [0.1, 0.15) is 40.2 Å². The Morgan fingerprint density at radius 3 is 2.64 bits per heavy atom. The molecule has 0 radical (unpaired) electrons. The lowest BCUT2D eigenvalue weighted by Crippen LogP contribution is -2.37. The predicted octanol–water partition coefficient (Wildman–Crippen LogP) is 3.78. The number of carbonyl (C=O) groups is 1. The van der Waals surface area contributed by atoms with E-state index in [1.54, 1.807) is 0 Å². The van der Waals surface area contributed by atoms with Gasteiger partial charge in [0.25, 0.3) is 5.91 Å². The number of fused-ring (bicyclic) bond motifs is 2. The summed E-state index contributed by atoms with van der Waals surface area (Å²) in [6.45, 7) is 4.24. The first-order chi connectivity index (χ1) is 13.7. The van der Waals surface area contributed by atoms with Gasteiger partial charge in [0.2, 0.25) is 0 Å². The maximum absolute atomic E-state index is 13.5. The fraction of sp³-hybridized carbons (Fsp3) is 0.364. The van der Waals surface area contributed by atoms with E-state index in [0.29, 0.717) is 17.3 Å². The van der Waals surface area contributed by atoms with Crippen molar-refractivity contribution in [3.05, 3.63) is 70.1 Å². The molecule has 0 atom stereocenters. The third-order valence-electron chi connectivity index (χ3n) is 5.87. The van der Waals surface area contributed by atoms with Crippen LogP contribution in [0, 0.1) is 0 Å². The van der Waals surface area contributed by atoms with Crippen molar-refractivity contribution in [1.29, 1.82) is 0 Å². The molecule has 3 aromatic rings. The maximum atomic E-state index is 13.5. The number of imidazole rings is 1. The summed E-state index contributed by atoms with van der Waals surface area (Å²) >= 11 is 6.24. The first-order valence-corrected chi connectivity index (χ1v) is 10.3. The lowest BCUT2D eigenvalue weighted by atomic mass is 9.99. The molecule has 1 amide bonds. The van der Waals surface area contributed by atoms with Crippen LogP contribution in [0.3, 0.4) is 0 Å². The average Bonchev–Trinajstić information content (AvgIpc) is 3.36. The Bertz CT molecular complexity index is 1040. The van der Waals surface area contributed by atoms with Crippen molar-refractivity contribution in [2.75, 3.05) is 19.6 Å². The zero-order chi connectivity index (χ0) is 19.1. The van der Waals surface area contributed by atoms with Crippen molar-refractivity contribution in [2.45, 2.75) is 32.4 Å². The van der Waals surface area contributed by atoms with Crippen LogP contribution in [-0.2, 0) is 19.5 Å². The molecule has 0 bridgehead atoms. The van der Waals surface area contributed by atoms with E-state index in [4.69, 9.17) is 16.6 Å². The van der Waals surface area contributed by atoms with Gasteiger partial charge in [-0.3, -0.25) is 9.69 Å². The monoisotopic (exact) mass is 394 g/mol. The summed E-state index contributed by atoms with van der Waals surface area (Å²) < 4.78 is 1.99. The molecule has 0 N–H and O–H groups in total. The number of likely N-dealkylation sites (tertiary alicyclic amines) is 1. The number of rotatable bonds is 3. The van der Waals surface area contributed by atoms with Gasteiger partial charge >= 0.3 is 0 Å². The molecule has 4 heterocycles. The molecule has 2 aliphatic heterocycles. The van der Waals surface area contributed by atoms with Crippen molar-refractivity contribution in [1.82, 2.24) is 19.2 Å². The van der Waals surface area contributed by atoms with Gasteiger partial charge in [-0.25, -0.2) is 4.98 Å². The van der Waals surface area contributed by atoms with Crippen LogP contribution in [0.25, 0.3) is 5.65 Å². The van der Waals surface area contributed by atoms with Gasteiger partial charge in [-0.1, -0.05) is 35.9 Å². The number of pyridine rings is 1. The molecule has 5 nitrogen and oxygen atoms in total. The third kappa shape index (κ3) is 3.19. The van der Waals surface area contributed by atoms with Gasteiger partial charge in [-0.15, -0.1) is 0 Å². The van der Waals surface area contributed by atoms with E-state index >= 15 is 0 Å². The lowest BCUT2D eigenvalue weighted by Gasteiger charge is -2.28. The molecular weight excluding hydrogens is 372 g/mol. The topological polar surface area (TPSA) is 40.9 Å². The minimum atomic E-state index is 0.0172. The SMILES string of the molecule is O=C(c1nc2ccc(Cl)cn2c1CN1CCCC1)N1CCc2ccccc2C1. The molecule has 1 aromatic carbocycles. The van der Waals surface area contributed by atoms with Gasteiger partial charge in [0.15, 0.2) is 5.69 Å². The number of halogens is 1. The zero-order valence-corrected chi connectivity index (χ0v) is 16.5. The molecule has 5 rings (SSSR count). The van der Waals surface area contributed by atoms with Crippen molar-refractivity contribution >= 4 is 23.2 Å². The predicted molar refractivity (Wildman–Crippen MR) is 110 cm³/mol. The molecule has 0 spiro atoms. The van der Waals surface area contributed by atoms with Crippen LogP contribution < -0.4 is 0 Å². The summed E-state index contributed by atoms with van der Waals surface area (Å²) in [5.74, 6) is 0.0172. The van der Waals surface area contributed by atoms with Crippen LogP contribution in [0.4, 0.5) is 0 Å². The number of benzene rings is 1. The molecular formula is C22H23ClN4O. The second-order valence-corrected chi connectivity index (χ2v) is 8.15. The van der Waals surface area contributed by atoms with Gasteiger partial charge in [0.05, 0.1) is 10.7 Å². The highest BCUT2D eigenvalue weighted by atomic mass is 35.5. The van der Waals surface area contributed by atoms with Gasteiger partial charge in [0, 0.05) is 25.8 Å². The Hall–Kier alpha value is -2.37. The van der Waals surface area contributed by atoms with Crippen molar-refractivity contribution in [3.63, 3.8) is 0 Å². The van der Waals surface area contributed by atoms with E-state index in [-0.39, 0.29) is 5.91 Å². The van der Waals surface area contributed by atoms with Crippen LogP contribution in [-0.4, -0.2) is 44.7 Å². The molecule has 6 heteroatoms. The van der Waals surface area contributed by atoms with E-state index in [2.05, 4.69) is 23.1 Å². The quantitative estimate of drug-likeness (QED) is 0.678. The molecule has 0 unspecified atom stereocenters. The largest absolute Gasteiger partial charge is 0.333 e. The molecule has 1 fully saturated rings. The first kappa shape index (κ1) is 17.7. The number of aromatic nitrogens is 2. The molecule has 2 aromatic heterocycles. The van der Waals surface area contributed by atoms with E-state index in [1.807, 2.05) is 33.7 Å². The summed E-state index contributed by atoms with van der Waals surface area (Å²) in [6, 6.07) is 12.1. The van der Waals surface area contributed by atoms with Gasteiger partial charge in [-0.2, -0.15) is 0 Å². The van der Waals surface area contributed by atoms with E-state index < -0.39 is 0 Å². The third-order valence-corrected chi connectivity index (χ3v) is 6.10. The van der Waals surface area contributed by atoms with Crippen molar-refractivity contribution in [2.24, 2.45) is 0 Å². The summed E-state index contributed by atoms with van der Waals surface area (Å²) in [6.07, 6.45) is 5.19. The lowest BCUT2D eigenvalue weighted by molar-refractivity contribution is 0.0727. The summed E-state index contributed by atoms with van der Waals surface area (Å²) in [5.41, 5.74) is 4.86. The molecule has 28 heavy (non-hydrogen) atoms. The first-order valence-electron chi connectivity index (χ1n) is 9.94. The molecule has 144 valence electrons.